The van der Waals surface area contributed by atoms with Gasteiger partial charge in [-0.15, -0.1) is 0 Å². The van der Waals surface area contributed by atoms with Gasteiger partial charge >= 0.3 is 0 Å². The Morgan fingerprint density at radius 3 is 2.77 bits per heavy atom. The predicted molar refractivity (Wildman–Crippen MR) is 83.8 cm³/mol. The lowest BCUT2D eigenvalue weighted by atomic mass is 10.1. The molecule has 118 valence electrons. The van der Waals surface area contributed by atoms with Gasteiger partial charge in [-0.3, -0.25) is 10.1 Å². The fourth-order valence-corrected chi connectivity index (χ4v) is 2.29. The van der Waals surface area contributed by atoms with E-state index in [0.717, 1.165) is 6.42 Å². The number of rotatable bonds is 7. The largest absolute Gasteiger partial charge is 0.460 e. The number of nitrogens with zero attached hydrogens (tertiary/aromatic N) is 1. The lowest BCUT2D eigenvalue weighted by Gasteiger charge is -2.12. The van der Waals surface area contributed by atoms with Gasteiger partial charge in [0.25, 0.3) is 5.69 Å². The zero-order valence-corrected chi connectivity index (χ0v) is 12.8. The van der Waals surface area contributed by atoms with Crippen molar-refractivity contribution in [1.29, 1.82) is 0 Å². The summed E-state index contributed by atoms with van der Waals surface area (Å²) in [6.45, 7) is 2.54. The quantitative estimate of drug-likeness (QED) is 0.602. The van der Waals surface area contributed by atoms with Crippen LogP contribution in [0.15, 0.2) is 34.7 Å². The van der Waals surface area contributed by atoms with Crippen LogP contribution in [-0.4, -0.2) is 22.7 Å². The summed E-state index contributed by atoms with van der Waals surface area (Å²) in [6.07, 6.45) is 0.818. The minimum absolute atomic E-state index is 0.0245. The first-order valence-corrected chi connectivity index (χ1v) is 7.30. The van der Waals surface area contributed by atoms with Crippen LogP contribution in [0.2, 0.25) is 5.02 Å². The highest BCUT2D eigenvalue weighted by Gasteiger charge is 2.14. The van der Waals surface area contributed by atoms with Crippen LogP contribution < -0.4 is 5.32 Å². The molecule has 1 atom stereocenters. The minimum atomic E-state index is -0.493. The second kappa shape index (κ2) is 7.40. The van der Waals surface area contributed by atoms with Crippen molar-refractivity contribution in [1.82, 2.24) is 5.32 Å². The third-order valence-electron chi connectivity index (χ3n) is 3.37. The Hall–Kier alpha value is -1.89. The maximum absolute atomic E-state index is 10.7. The molecule has 0 aliphatic rings. The van der Waals surface area contributed by atoms with Gasteiger partial charge in [-0.05, 0) is 24.6 Å². The Morgan fingerprint density at radius 1 is 1.41 bits per heavy atom. The molecular weight excluding hydrogens is 308 g/mol. The Kier molecular flexibility index (Phi) is 5.54. The number of aliphatic hydroxyl groups is 1. The van der Waals surface area contributed by atoms with Gasteiger partial charge in [-0.1, -0.05) is 18.5 Å². The molecule has 2 N–H and O–H groups in total. The molecule has 0 radical (unpaired) electrons. The molecule has 0 aliphatic carbocycles. The topological polar surface area (TPSA) is 88.5 Å². The summed E-state index contributed by atoms with van der Waals surface area (Å²) in [5.74, 6) is 1.25. The highest BCUT2D eigenvalue weighted by atomic mass is 35.5. The minimum Gasteiger partial charge on any atom is -0.460 e. The van der Waals surface area contributed by atoms with Crippen molar-refractivity contribution in [2.45, 2.75) is 25.9 Å². The lowest BCUT2D eigenvalue weighted by molar-refractivity contribution is -0.384. The van der Waals surface area contributed by atoms with E-state index in [2.05, 4.69) is 5.32 Å². The van der Waals surface area contributed by atoms with Crippen molar-refractivity contribution in [3.8, 4) is 11.3 Å². The van der Waals surface area contributed by atoms with Crippen molar-refractivity contribution >= 4 is 17.3 Å². The molecule has 22 heavy (non-hydrogen) atoms. The molecule has 2 rings (SSSR count). The summed E-state index contributed by atoms with van der Waals surface area (Å²) < 4.78 is 5.69. The molecule has 0 spiro atoms. The van der Waals surface area contributed by atoms with Gasteiger partial charge in [0, 0.05) is 23.7 Å². The van der Waals surface area contributed by atoms with Crippen LogP contribution >= 0.6 is 11.6 Å². The molecule has 1 unspecified atom stereocenters. The van der Waals surface area contributed by atoms with Gasteiger partial charge in [0.15, 0.2) is 0 Å². The third kappa shape index (κ3) is 3.85. The van der Waals surface area contributed by atoms with Crippen molar-refractivity contribution in [2.24, 2.45) is 0 Å². The number of nitro benzene ring substituents is 1. The number of halogens is 1. The summed E-state index contributed by atoms with van der Waals surface area (Å²) in [4.78, 5) is 10.2. The highest BCUT2D eigenvalue weighted by molar-refractivity contribution is 6.33. The Morgan fingerprint density at radius 2 is 2.18 bits per heavy atom. The molecule has 1 heterocycles. The molecule has 0 saturated heterocycles. The molecule has 0 saturated carbocycles. The second-order valence-electron chi connectivity index (χ2n) is 4.86. The fourth-order valence-electron chi connectivity index (χ4n) is 2.02. The molecule has 0 bridgehead atoms. The van der Waals surface area contributed by atoms with E-state index in [9.17, 15) is 10.1 Å². The van der Waals surface area contributed by atoms with Gasteiger partial charge < -0.3 is 14.8 Å². The standard InChI is InChI=1S/C15H17ClN2O4/c1-2-10(9-19)17-8-12-4-6-15(22-12)13-5-3-11(18(20)21)7-14(13)16/h3-7,10,17,19H,2,8-9H2,1H3. The monoisotopic (exact) mass is 324 g/mol. The number of nitro groups is 1. The summed E-state index contributed by atoms with van der Waals surface area (Å²) in [5, 5.41) is 23.3. The molecule has 0 fully saturated rings. The van der Waals surface area contributed by atoms with E-state index in [0.29, 0.717) is 23.6 Å². The Balaban J connectivity index is 2.12. The third-order valence-corrected chi connectivity index (χ3v) is 3.68. The number of non-ortho nitro benzene ring substituents is 1. The molecule has 2 aromatic rings. The molecule has 7 heteroatoms. The number of nitrogens with one attached hydrogen (secondary N) is 1. The SMILES string of the molecule is CCC(CO)NCc1ccc(-c2ccc([N+](=O)[O-])cc2Cl)o1. The first-order chi connectivity index (χ1) is 10.5. The molecule has 0 amide bonds. The van der Waals surface area contributed by atoms with Crippen molar-refractivity contribution in [2.75, 3.05) is 6.61 Å². The molecule has 1 aromatic carbocycles. The molecular formula is C15H17ClN2O4. The van der Waals surface area contributed by atoms with Crippen LogP contribution in [0.1, 0.15) is 19.1 Å². The van der Waals surface area contributed by atoms with Gasteiger partial charge in [0.1, 0.15) is 11.5 Å². The Labute approximate surface area is 132 Å². The van der Waals surface area contributed by atoms with Gasteiger partial charge in [-0.2, -0.15) is 0 Å². The van der Waals surface area contributed by atoms with E-state index in [4.69, 9.17) is 21.1 Å². The van der Waals surface area contributed by atoms with Crippen molar-refractivity contribution in [3.63, 3.8) is 0 Å². The van der Waals surface area contributed by atoms with Gasteiger partial charge in [0.2, 0.25) is 0 Å². The molecule has 6 nitrogen and oxygen atoms in total. The summed E-state index contributed by atoms with van der Waals surface area (Å²) >= 11 is 6.08. The van der Waals surface area contributed by atoms with E-state index in [1.807, 2.05) is 13.0 Å². The van der Waals surface area contributed by atoms with E-state index in [1.54, 1.807) is 12.1 Å². The van der Waals surface area contributed by atoms with Crippen LogP contribution in [0.25, 0.3) is 11.3 Å². The van der Waals surface area contributed by atoms with Crippen LogP contribution in [-0.2, 0) is 6.54 Å². The van der Waals surface area contributed by atoms with Crippen molar-refractivity contribution < 1.29 is 14.4 Å². The molecule has 1 aromatic heterocycles. The average Bonchev–Trinajstić information content (AvgIpc) is 2.96. The van der Waals surface area contributed by atoms with E-state index in [-0.39, 0.29) is 23.4 Å². The van der Waals surface area contributed by atoms with Gasteiger partial charge in [0.05, 0.1) is 23.1 Å². The highest BCUT2D eigenvalue weighted by Crippen LogP contribution is 2.32. The van der Waals surface area contributed by atoms with Crippen LogP contribution in [0.5, 0.6) is 0 Å². The first kappa shape index (κ1) is 16.5. The number of hydrogen-bond donors (Lipinski definition) is 2. The predicted octanol–water partition coefficient (Wildman–Crippen LogP) is 3.37. The number of hydrogen-bond acceptors (Lipinski definition) is 5. The van der Waals surface area contributed by atoms with E-state index >= 15 is 0 Å². The maximum Gasteiger partial charge on any atom is 0.270 e. The van der Waals surface area contributed by atoms with Crippen LogP contribution in [0.4, 0.5) is 5.69 Å². The number of furan rings is 1. The zero-order chi connectivity index (χ0) is 16.1. The Bertz CT molecular complexity index is 653. The molecule has 0 aliphatic heterocycles. The van der Waals surface area contributed by atoms with Gasteiger partial charge in [-0.25, -0.2) is 0 Å². The second-order valence-corrected chi connectivity index (χ2v) is 5.26. The summed E-state index contributed by atoms with van der Waals surface area (Å²) in [6, 6.07) is 7.86. The number of benzene rings is 1. The van der Waals surface area contributed by atoms with E-state index < -0.39 is 4.92 Å². The summed E-state index contributed by atoms with van der Waals surface area (Å²) in [5.41, 5.74) is 0.545. The van der Waals surface area contributed by atoms with E-state index in [1.165, 1.54) is 12.1 Å². The van der Waals surface area contributed by atoms with Crippen LogP contribution in [0, 0.1) is 10.1 Å². The van der Waals surface area contributed by atoms with Crippen LogP contribution in [0.3, 0.4) is 0 Å². The maximum atomic E-state index is 10.7. The lowest BCUT2D eigenvalue weighted by Crippen LogP contribution is -2.30. The van der Waals surface area contributed by atoms with Crippen molar-refractivity contribution in [3.05, 3.63) is 51.2 Å². The average molecular weight is 325 g/mol. The number of aliphatic hydroxyl groups excluding tert-OH is 1. The smallest absolute Gasteiger partial charge is 0.270 e. The first-order valence-electron chi connectivity index (χ1n) is 6.92. The summed E-state index contributed by atoms with van der Waals surface area (Å²) in [7, 11) is 0. The normalized spacial score (nSPS) is 12.3. The fraction of sp³-hybridized carbons (Fsp3) is 0.333. The zero-order valence-electron chi connectivity index (χ0n) is 12.1.